The van der Waals surface area contributed by atoms with Crippen molar-refractivity contribution in [2.45, 2.75) is 6.42 Å². The summed E-state index contributed by atoms with van der Waals surface area (Å²) in [5, 5.41) is 0. The number of halogens is 2. The smallest absolute Gasteiger partial charge is 0.167 e. The molecule has 2 rings (SSSR count). The fraction of sp³-hybridized carbons (Fsp3) is 0.0769. The van der Waals surface area contributed by atoms with E-state index in [1.165, 1.54) is 12.1 Å². The second kappa shape index (κ2) is 5.19. The lowest BCUT2D eigenvalue weighted by Gasteiger charge is -2.04. The Bertz CT molecular complexity index is 542. The first-order valence-electron chi connectivity index (χ1n) is 5.04. The molecule has 0 aliphatic rings. The third-order valence-electron chi connectivity index (χ3n) is 2.36. The first-order valence-corrected chi connectivity index (χ1v) is 5.83. The molecule has 0 aliphatic heterocycles. The highest BCUT2D eigenvalue weighted by atomic mass is 79.9. The van der Waals surface area contributed by atoms with E-state index in [1.807, 2.05) is 0 Å². The third kappa shape index (κ3) is 2.97. The first kappa shape index (κ1) is 11.9. The van der Waals surface area contributed by atoms with Crippen LogP contribution in [-0.2, 0) is 6.42 Å². The Hall–Kier alpha value is -1.55. The molecule has 1 aromatic heterocycles. The van der Waals surface area contributed by atoms with Gasteiger partial charge in [0, 0.05) is 28.9 Å². The molecule has 0 unspecified atom stereocenters. The predicted molar refractivity (Wildman–Crippen MR) is 66.4 cm³/mol. The average Bonchev–Trinajstić information content (AvgIpc) is 2.35. The van der Waals surface area contributed by atoms with Crippen LogP contribution in [0.2, 0.25) is 0 Å². The highest BCUT2D eigenvalue weighted by Gasteiger charge is 2.09. The van der Waals surface area contributed by atoms with Crippen molar-refractivity contribution in [3.05, 3.63) is 64.1 Å². The fourth-order valence-corrected chi connectivity index (χ4v) is 1.88. The Morgan fingerprint density at radius 1 is 1.24 bits per heavy atom. The summed E-state index contributed by atoms with van der Waals surface area (Å²) in [6.07, 6.45) is 3.30. The summed E-state index contributed by atoms with van der Waals surface area (Å²) >= 11 is 3.30. The van der Waals surface area contributed by atoms with Crippen LogP contribution in [-0.4, -0.2) is 10.8 Å². The summed E-state index contributed by atoms with van der Waals surface area (Å²) < 4.78 is 13.8. The molecule has 2 aromatic rings. The van der Waals surface area contributed by atoms with Gasteiger partial charge in [0.05, 0.1) is 0 Å². The van der Waals surface area contributed by atoms with Crippen LogP contribution in [0.5, 0.6) is 0 Å². The molecule has 4 heteroatoms. The SMILES string of the molecule is O=C(Cc1cc(F)ccc1Br)c1ccncc1. The maximum atomic E-state index is 13.1. The molecule has 0 radical (unpaired) electrons. The van der Waals surface area contributed by atoms with Crippen LogP contribution in [0, 0.1) is 5.82 Å². The number of aromatic nitrogens is 1. The largest absolute Gasteiger partial charge is 0.294 e. The molecular formula is C13H9BrFNO. The first-order chi connectivity index (χ1) is 8.16. The number of rotatable bonds is 3. The van der Waals surface area contributed by atoms with E-state index in [2.05, 4.69) is 20.9 Å². The quantitative estimate of drug-likeness (QED) is 0.812. The summed E-state index contributed by atoms with van der Waals surface area (Å²) in [4.78, 5) is 15.8. The van der Waals surface area contributed by atoms with E-state index in [9.17, 15) is 9.18 Å². The van der Waals surface area contributed by atoms with Crippen LogP contribution >= 0.6 is 15.9 Å². The number of carbonyl (C=O) groups is 1. The highest BCUT2D eigenvalue weighted by molar-refractivity contribution is 9.10. The molecule has 17 heavy (non-hydrogen) atoms. The molecule has 0 aliphatic carbocycles. The van der Waals surface area contributed by atoms with Gasteiger partial charge in [-0.25, -0.2) is 4.39 Å². The molecule has 0 spiro atoms. The molecule has 0 bridgehead atoms. The maximum absolute atomic E-state index is 13.1. The van der Waals surface area contributed by atoms with Gasteiger partial charge in [0.25, 0.3) is 0 Å². The molecule has 0 N–H and O–H groups in total. The molecule has 0 saturated heterocycles. The minimum absolute atomic E-state index is 0.0568. The van der Waals surface area contributed by atoms with Crippen molar-refractivity contribution in [2.24, 2.45) is 0 Å². The van der Waals surface area contributed by atoms with Crippen molar-refractivity contribution in [2.75, 3.05) is 0 Å². The van der Waals surface area contributed by atoms with Gasteiger partial charge < -0.3 is 0 Å². The average molecular weight is 294 g/mol. The van der Waals surface area contributed by atoms with Crippen LogP contribution in [0.1, 0.15) is 15.9 Å². The number of ketones is 1. The lowest BCUT2D eigenvalue weighted by molar-refractivity contribution is 0.0992. The summed E-state index contributed by atoms with van der Waals surface area (Å²) in [5.74, 6) is -0.399. The Kier molecular flexibility index (Phi) is 3.64. The number of pyridine rings is 1. The molecule has 1 aromatic carbocycles. The van der Waals surface area contributed by atoms with E-state index in [0.29, 0.717) is 11.1 Å². The summed E-state index contributed by atoms with van der Waals surface area (Å²) in [6, 6.07) is 7.61. The number of Topliss-reactive ketones (excluding diaryl/α,β-unsaturated/α-hetero) is 1. The highest BCUT2D eigenvalue weighted by Crippen LogP contribution is 2.19. The molecule has 0 atom stereocenters. The number of carbonyl (C=O) groups excluding carboxylic acids is 1. The Balaban J connectivity index is 2.22. The maximum Gasteiger partial charge on any atom is 0.167 e. The zero-order valence-corrected chi connectivity index (χ0v) is 10.4. The van der Waals surface area contributed by atoms with E-state index in [1.54, 1.807) is 30.6 Å². The van der Waals surface area contributed by atoms with Gasteiger partial charge in [-0.1, -0.05) is 15.9 Å². The lowest BCUT2D eigenvalue weighted by Crippen LogP contribution is -2.04. The molecule has 0 amide bonds. The summed E-state index contributed by atoms with van der Waals surface area (Å²) in [5.41, 5.74) is 1.22. The lowest BCUT2D eigenvalue weighted by atomic mass is 10.0. The summed E-state index contributed by atoms with van der Waals surface area (Å²) in [6.45, 7) is 0. The van der Waals surface area contributed by atoms with Crippen LogP contribution in [0.15, 0.2) is 47.2 Å². The fourth-order valence-electron chi connectivity index (χ4n) is 1.49. The van der Waals surface area contributed by atoms with Gasteiger partial charge in [-0.2, -0.15) is 0 Å². The Morgan fingerprint density at radius 3 is 2.65 bits per heavy atom. The second-order valence-corrected chi connectivity index (χ2v) is 4.43. The third-order valence-corrected chi connectivity index (χ3v) is 3.13. The number of hydrogen-bond donors (Lipinski definition) is 0. The normalized spacial score (nSPS) is 10.2. The van der Waals surface area contributed by atoms with Gasteiger partial charge >= 0.3 is 0 Å². The summed E-state index contributed by atoms with van der Waals surface area (Å²) in [7, 11) is 0. The molecular weight excluding hydrogens is 285 g/mol. The van der Waals surface area contributed by atoms with Gasteiger partial charge in [-0.05, 0) is 35.9 Å². The minimum Gasteiger partial charge on any atom is -0.294 e. The standard InChI is InChI=1S/C13H9BrFNO/c14-12-2-1-11(15)7-10(12)8-13(17)9-3-5-16-6-4-9/h1-7H,8H2. The van der Waals surface area contributed by atoms with Gasteiger partial charge in [0.2, 0.25) is 0 Å². The molecule has 2 nitrogen and oxygen atoms in total. The van der Waals surface area contributed by atoms with Crippen LogP contribution in [0.4, 0.5) is 4.39 Å². The molecule has 0 fully saturated rings. The molecule has 1 heterocycles. The molecule has 0 saturated carbocycles. The van der Waals surface area contributed by atoms with Gasteiger partial charge in [0.1, 0.15) is 5.82 Å². The van der Waals surface area contributed by atoms with Crippen molar-refractivity contribution in [3.63, 3.8) is 0 Å². The van der Waals surface area contributed by atoms with Crippen LogP contribution in [0.3, 0.4) is 0 Å². The zero-order valence-electron chi connectivity index (χ0n) is 8.86. The second-order valence-electron chi connectivity index (χ2n) is 3.57. The Morgan fingerprint density at radius 2 is 1.94 bits per heavy atom. The van der Waals surface area contributed by atoms with E-state index in [4.69, 9.17) is 0 Å². The van der Waals surface area contributed by atoms with Crippen molar-refractivity contribution >= 4 is 21.7 Å². The van der Waals surface area contributed by atoms with E-state index < -0.39 is 0 Å². The van der Waals surface area contributed by atoms with Crippen LogP contribution < -0.4 is 0 Å². The van der Waals surface area contributed by atoms with Gasteiger partial charge in [-0.15, -0.1) is 0 Å². The van der Waals surface area contributed by atoms with Crippen molar-refractivity contribution in [1.82, 2.24) is 4.98 Å². The minimum atomic E-state index is -0.342. The van der Waals surface area contributed by atoms with Gasteiger partial charge in [-0.3, -0.25) is 9.78 Å². The topological polar surface area (TPSA) is 30.0 Å². The van der Waals surface area contributed by atoms with Crippen molar-refractivity contribution < 1.29 is 9.18 Å². The molecule has 86 valence electrons. The van der Waals surface area contributed by atoms with Crippen molar-refractivity contribution in [3.8, 4) is 0 Å². The monoisotopic (exact) mass is 293 g/mol. The van der Waals surface area contributed by atoms with E-state index >= 15 is 0 Å². The van der Waals surface area contributed by atoms with E-state index in [-0.39, 0.29) is 18.0 Å². The predicted octanol–water partition coefficient (Wildman–Crippen LogP) is 3.41. The Labute approximate surface area is 107 Å². The van der Waals surface area contributed by atoms with E-state index in [0.717, 1.165) is 4.47 Å². The number of hydrogen-bond acceptors (Lipinski definition) is 2. The van der Waals surface area contributed by atoms with Gasteiger partial charge in [0.15, 0.2) is 5.78 Å². The number of benzene rings is 1. The van der Waals surface area contributed by atoms with Crippen molar-refractivity contribution in [1.29, 1.82) is 0 Å². The zero-order chi connectivity index (χ0) is 12.3. The van der Waals surface area contributed by atoms with Crippen LogP contribution in [0.25, 0.3) is 0 Å². The number of nitrogens with zero attached hydrogens (tertiary/aromatic N) is 1.